The molecule has 0 spiro atoms. The van der Waals surface area contributed by atoms with Gasteiger partial charge in [-0.15, -0.1) is 0 Å². The minimum absolute atomic E-state index is 0.0789. The first-order chi connectivity index (χ1) is 14.7. The van der Waals surface area contributed by atoms with E-state index in [1.54, 1.807) is 0 Å². The molecule has 0 aromatic carbocycles. The predicted octanol–water partition coefficient (Wildman–Crippen LogP) is 3.89. The fourth-order valence-electron chi connectivity index (χ4n) is 10.4. The fraction of sp³-hybridized carbons (Fsp3) is 0.963. The van der Waals surface area contributed by atoms with Gasteiger partial charge in [0, 0.05) is 31.5 Å². The fourth-order valence-corrected chi connectivity index (χ4v) is 10.4. The molecular formula is C27H43NO3. The number of carbonyl (C=O) groups is 1. The van der Waals surface area contributed by atoms with E-state index < -0.39 is 5.60 Å². The maximum Gasteiger partial charge on any atom is 0.136 e. The first-order valence-corrected chi connectivity index (χ1v) is 13.4. The first kappa shape index (κ1) is 21.1. The minimum atomic E-state index is -0.570. The Hall–Kier alpha value is -0.450. The summed E-state index contributed by atoms with van der Waals surface area (Å²) in [6, 6.07) is 0.341. The van der Waals surface area contributed by atoms with E-state index in [9.17, 15) is 15.0 Å². The summed E-state index contributed by atoms with van der Waals surface area (Å²) < 4.78 is 0. The van der Waals surface area contributed by atoms with E-state index in [0.717, 1.165) is 44.6 Å². The van der Waals surface area contributed by atoms with Crippen LogP contribution < -0.4 is 0 Å². The molecule has 4 nitrogen and oxygen atoms in total. The van der Waals surface area contributed by atoms with Gasteiger partial charge < -0.3 is 10.2 Å². The molecular weight excluding hydrogens is 386 g/mol. The van der Waals surface area contributed by atoms with Crippen LogP contribution in [0.2, 0.25) is 0 Å². The minimum Gasteiger partial charge on any atom is -0.393 e. The van der Waals surface area contributed by atoms with Crippen molar-refractivity contribution in [1.29, 1.82) is 0 Å². The SMILES string of the molecule is C[C@H]1CC[C@@H]2N(C1)C[C@H]1[C@@H]3C[C@H]4[C@@H](CC(=O)[C@H]5C[C@@H](O)CC[C@@]54C)[C@@H]3CC[C@H]1C2(C)O. The average molecular weight is 430 g/mol. The van der Waals surface area contributed by atoms with Crippen LogP contribution in [0.1, 0.15) is 78.6 Å². The smallest absolute Gasteiger partial charge is 0.136 e. The van der Waals surface area contributed by atoms with Crippen molar-refractivity contribution in [2.45, 2.75) is 96.3 Å². The van der Waals surface area contributed by atoms with Crippen LogP contribution in [0.3, 0.4) is 0 Å². The molecule has 1 unspecified atom stereocenters. The second-order valence-electron chi connectivity index (χ2n) is 13.2. The Balaban J connectivity index is 1.31. The van der Waals surface area contributed by atoms with Crippen molar-refractivity contribution in [3.8, 4) is 0 Å². The van der Waals surface area contributed by atoms with Gasteiger partial charge in [-0.1, -0.05) is 13.8 Å². The average Bonchev–Trinajstić information content (AvgIpc) is 3.09. The van der Waals surface area contributed by atoms with E-state index in [2.05, 4.69) is 25.7 Å². The van der Waals surface area contributed by atoms with Crippen molar-refractivity contribution in [3.05, 3.63) is 0 Å². The molecule has 174 valence electrons. The van der Waals surface area contributed by atoms with Crippen molar-refractivity contribution in [2.75, 3.05) is 13.1 Å². The van der Waals surface area contributed by atoms with E-state index in [0.29, 0.717) is 53.8 Å². The van der Waals surface area contributed by atoms with E-state index in [1.807, 2.05) is 0 Å². The Labute approximate surface area is 188 Å². The summed E-state index contributed by atoms with van der Waals surface area (Å²) in [6.07, 6.45) is 9.08. The molecule has 0 radical (unpaired) electrons. The number of nitrogens with zero attached hydrogens (tertiary/aromatic N) is 1. The zero-order valence-electron chi connectivity index (χ0n) is 19.8. The van der Waals surface area contributed by atoms with Gasteiger partial charge in [0.15, 0.2) is 0 Å². The van der Waals surface area contributed by atoms with Gasteiger partial charge >= 0.3 is 0 Å². The van der Waals surface area contributed by atoms with Crippen molar-refractivity contribution in [1.82, 2.24) is 4.90 Å². The van der Waals surface area contributed by atoms with Crippen molar-refractivity contribution in [2.24, 2.45) is 52.8 Å². The highest BCUT2D eigenvalue weighted by Gasteiger charge is 2.64. The van der Waals surface area contributed by atoms with Gasteiger partial charge in [0.2, 0.25) is 0 Å². The number of ketones is 1. The van der Waals surface area contributed by atoms with E-state index in [-0.39, 0.29) is 17.4 Å². The van der Waals surface area contributed by atoms with Gasteiger partial charge in [-0.2, -0.15) is 0 Å². The maximum atomic E-state index is 13.2. The van der Waals surface area contributed by atoms with Crippen LogP contribution in [0.4, 0.5) is 0 Å². The molecule has 12 atom stereocenters. The number of aliphatic hydroxyl groups is 2. The lowest BCUT2D eigenvalue weighted by Crippen LogP contribution is -2.67. The molecule has 0 bridgehead atoms. The molecule has 4 aliphatic carbocycles. The molecule has 2 N–H and O–H groups in total. The normalized spacial score (nSPS) is 59.2. The van der Waals surface area contributed by atoms with Gasteiger partial charge in [-0.3, -0.25) is 9.69 Å². The number of hydrogen-bond donors (Lipinski definition) is 2. The molecule has 6 fully saturated rings. The van der Waals surface area contributed by atoms with Crippen LogP contribution >= 0.6 is 0 Å². The molecule has 2 aliphatic heterocycles. The van der Waals surface area contributed by atoms with Crippen LogP contribution in [0.15, 0.2) is 0 Å². The zero-order chi connectivity index (χ0) is 21.7. The third-order valence-electron chi connectivity index (χ3n) is 11.8. The van der Waals surface area contributed by atoms with Crippen LogP contribution in [-0.4, -0.2) is 51.7 Å². The van der Waals surface area contributed by atoms with Crippen molar-refractivity contribution in [3.63, 3.8) is 0 Å². The highest BCUT2D eigenvalue weighted by atomic mass is 16.3. The quantitative estimate of drug-likeness (QED) is 0.613. The summed E-state index contributed by atoms with van der Waals surface area (Å²) in [4.78, 5) is 15.9. The third kappa shape index (κ3) is 2.93. The molecule has 2 saturated heterocycles. The number of fused-ring (bicyclic) bond motifs is 8. The molecule has 0 amide bonds. The molecule has 6 aliphatic rings. The lowest BCUT2D eigenvalue weighted by molar-refractivity contribution is -0.175. The van der Waals surface area contributed by atoms with Gasteiger partial charge in [0.05, 0.1) is 11.7 Å². The number of carbonyl (C=O) groups excluding carboxylic acids is 1. The summed E-state index contributed by atoms with van der Waals surface area (Å²) in [6.45, 7) is 9.23. The monoisotopic (exact) mass is 429 g/mol. The van der Waals surface area contributed by atoms with E-state index in [4.69, 9.17) is 0 Å². The standard InChI is InChI=1S/C27H43NO3/c1-15-4-7-25-27(3,31)21-6-5-17-18(20(21)14-28(25)13-15)11-22-19(17)12-24(30)23-10-16(29)8-9-26(22,23)2/h15-23,25,29,31H,4-14H2,1-3H3/t15-,16-,17+,18+,19-,20-,21+,22-,23+,25-,26+,27?/m0/s1. The lowest BCUT2D eigenvalue weighted by atomic mass is 9.51. The van der Waals surface area contributed by atoms with E-state index in [1.165, 1.54) is 25.8 Å². The molecule has 31 heavy (non-hydrogen) atoms. The molecule has 0 aromatic rings. The summed E-state index contributed by atoms with van der Waals surface area (Å²) >= 11 is 0. The van der Waals surface area contributed by atoms with Gasteiger partial charge in [-0.05, 0) is 105 Å². The molecule has 0 aromatic heterocycles. The molecule has 2 heterocycles. The predicted molar refractivity (Wildman–Crippen MR) is 120 cm³/mol. The second-order valence-corrected chi connectivity index (χ2v) is 13.2. The maximum absolute atomic E-state index is 13.2. The Bertz CT molecular complexity index is 751. The Morgan fingerprint density at radius 1 is 0.903 bits per heavy atom. The number of piperidine rings is 2. The third-order valence-corrected chi connectivity index (χ3v) is 11.8. The van der Waals surface area contributed by atoms with Crippen LogP contribution in [0.5, 0.6) is 0 Å². The zero-order valence-corrected chi connectivity index (χ0v) is 19.8. The molecule has 4 saturated carbocycles. The van der Waals surface area contributed by atoms with Crippen LogP contribution in [0.25, 0.3) is 0 Å². The van der Waals surface area contributed by atoms with E-state index >= 15 is 0 Å². The Kier molecular flexibility index (Phi) is 4.78. The Morgan fingerprint density at radius 3 is 2.52 bits per heavy atom. The van der Waals surface area contributed by atoms with Crippen molar-refractivity contribution < 1.29 is 15.0 Å². The topological polar surface area (TPSA) is 60.8 Å². The highest BCUT2D eigenvalue weighted by Crippen LogP contribution is 2.66. The number of rotatable bonds is 0. The summed E-state index contributed by atoms with van der Waals surface area (Å²) in [5.74, 6) is 4.82. The van der Waals surface area contributed by atoms with Crippen molar-refractivity contribution >= 4 is 5.78 Å². The summed E-state index contributed by atoms with van der Waals surface area (Å²) in [5, 5.41) is 22.1. The molecule has 4 heteroatoms. The highest BCUT2D eigenvalue weighted by molar-refractivity contribution is 5.83. The Morgan fingerprint density at radius 2 is 1.71 bits per heavy atom. The van der Waals surface area contributed by atoms with Crippen LogP contribution in [0, 0.1) is 52.8 Å². The first-order valence-electron chi connectivity index (χ1n) is 13.4. The number of Topliss-reactive ketones (excluding diaryl/α,β-unsaturated/α-hetero) is 1. The van der Waals surface area contributed by atoms with Gasteiger partial charge in [0.25, 0.3) is 0 Å². The summed E-state index contributed by atoms with van der Waals surface area (Å²) in [7, 11) is 0. The molecule has 6 rings (SSSR count). The lowest BCUT2D eigenvalue weighted by Gasteiger charge is -2.59. The second kappa shape index (κ2) is 7.03. The van der Waals surface area contributed by atoms with Gasteiger partial charge in [-0.25, -0.2) is 0 Å². The number of aliphatic hydroxyl groups excluding tert-OH is 1. The summed E-state index contributed by atoms with van der Waals surface area (Å²) in [5.41, 5.74) is -0.482. The van der Waals surface area contributed by atoms with Crippen LogP contribution in [-0.2, 0) is 4.79 Å². The largest absolute Gasteiger partial charge is 0.393 e. The van der Waals surface area contributed by atoms with Gasteiger partial charge in [0.1, 0.15) is 5.78 Å². The number of hydrogen-bond acceptors (Lipinski definition) is 4.